The van der Waals surface area contributed by atoms with Crippen molar-refractivity contribution in [2.24, 2.45) is 0 Å². The van der Waals surface area contributed by atoms with Gasteiger partial charge in [-0.3, -0.25) is 5.32 Å². The second kappa shape index (κ2) is 8.78. The van der Waals surface area contributed by atoms with E-state index in [-0.39, 0.29) is 12.3 Å². The number of amides is 1. The third-order valence-corrected chi connectivity index (χ3v) is 7.03. The zero-order valence-electron chi connectivity index (χ0n) is 18.1. The van der Waals surface area contributed by atoms with Gasteiger partial charge < -0.3 is 19.0 Å². The monoisotopic (exact) mass is 500 g/mol. The first-order valence-electron chi connectivity index (χ1n) is 11.2. The highest BCUT2D eigenvalue weighted by molar-refractivity contribution is 6.39. The minimum absolute atomic E-state index is 0.0976. The van der Waals surface area contributed by atoms with Gasteiger partial charge in [-0.1, -0.05) is 46.6 Å². The van der Waals surface area contributed by atoms with Gasteiger partial charge in [0.05, 0.1) is 22.8 Å². The summed E-state index contributed by atoms with van der Waals surface area (Å²) in [6.07, 6.45) is 1.48. The van der Waals surface area contributed by atoms with E-state index in [1.54, 1.807) is 12.1 Å². The average Bonchev–Trinajstić information content (AvgIpc) is 3.42. The summed E-state index contributed by atoms with van der Waals surface area (Å²) in [5.74, 6) is 1.27. The van der Waals surface area contributed by atoms with Crippen LogP contribution in [0.25, 0.3) is 11.3 Å². The van der Waals surface area contributed by atoms with E-state index in [1.165, 1.54) is 0 Å². The van der Waals surface area contributed by atoms with E-state index >= 15 is 0 Å². The van der Waals surface area contributed by atoms with Gasteiger partial charge in [0, 0.05) is 35.8 Å². The summed E-state index contributed by atoms with van der Waals surface area (Å²) in [5, 5.41) is 8.10. The molecule has 0 radical (unpaired) electrons. The number of hydrogen-bond acceptors (Lipinski definition) is 7. The SMILES string of the molecule is O=C1NC(c2ccc(N3CC(OCc4c(-c5c(Cl)cccc5Cl)noc4C4CC4)C3)cc2)NO1. The lowest BCUT2D eigenvalue weighted by molar-refractivity contribution is 0.0219. The number of hydroxylamine groups is 1. The van der Waals surface area contributed by atoms with Crippen molar-refractivity contribution < 1.29 is 18.9 Å². The number of anilines is 1. The maximum atomic E-state index is 11.2. The molecule has 3 heterocycles. The minimum Gasteiger partial charge on any atom is -0.370 e. The number of nitrogens with zero attached hydrogens (tertiary/aromatic N) is 2. The van der Waals surface area contributed by atoms with Crippen molar-refractivity contribution in [3.63, 3.8) is 0 Å². The number of nitrogens with one attached hydrogen (secondary N) is 2. The smallest absolute Gasteiger partial charge is 0.370 e. The van der Waals surface area contributed by atoms with Gasteiger partial charge in [0.1, 0.15) is 17.6 Å². The molecule has 1 aromatic heterocycles. The summed E-state index contributed by atoms with van der Waals surface area (Å²) in [6.45, 7) is 1.97. The molecule has 6 rings (SSSR count). The fourth-order valence-corrected chi connectivity index (χ4v) is 4.90. The van der Waals surface area contributed by atoms with E-state index in [4.69, 9.17) is 37.3 Å². The summed E-state index contributed by atoms with van der Waals surface area (Å²) in [4.78, 5) is 18.2. The largest absolute Gasteiger partial charge is 0.427 e. The maximum Gasteiger partial charge on any atom is 0.427 e. The highest BCUT2D eigenvalue weighted by atomic mass is 35.5. The Kier molecular flexibility index (Phi) is 5.61. The van der Waals surface area contributed by atoms with Crippen LogP contribution in [-0.4, -0.2) is 30.4 Å². The molecule has 0 bridgehead atoms. The fourth-order valence-electron chi connectivity index (χ4n) is 4.32. The highest BCUT2D eigenvalue weighted by Gasteiger charge is 2.35. The number of ether oxygens (including phenoxy) is 1. The van der Waals surface area contributed by atoms with Crippen LogP contribution >= 0.6 is 23.2 Å². The molecule has 1 unspecified atom stereocenters. The molecule has 176 valence electrons. The topological polar surface area (TPSA) is 88.9 Å². The zero-order chi connectivity index (χ0) is 23.2. The Bertz CT molecular complexity index is 1200. The van der Waals surface area contributed by atoms with E-state index in [0.29, 0.717) is 33.8 Å². The van der Waals surface area contributed by atoms with Gasteiger partial charge in [0.25, 0.3) is 0 Å². The van der Waals surface area contributed by atoms with Gasteiger partial charge in [-0.2, -0.15) is 0 Å². The third kappa shape index (κ3) is 4.11. The first-order chi connectivity index (χ1) is 16.6. The molecule has 1 aliphatic carbocycles. The van der Waals surface area contributed by atoms with Crippen molar-refractivity contribution in [1.29, 1.82) is 0 Å². The van der Waals surface area contributed by atoms with Crippen molar-refractivity contribution in [3.05, 3.63) is 69.4 Å². The number of carbonyl (C=O) groups is 1. The molecule has 8 nitrogen and oxygen atoms in total. The third-order valence-electron chi connectivity index (χ3n) is 6.40. The van der Waals surface area contributed by atoms with Crippen molar-refractivity contribution in [1.82, 2.24) is 16.0 Å². The first-order valence-corrected chi connectivity index (χ1v) is 11.9. The predicted molar refractivity (Wildman–Crippen MR) is 127 cm³/mol. The Hall–Kier alpha value is -2.78. The van der Waals surface area contributed by atoms with Crippen LogP contribution in [0.4, 0.5) is 10.5 Å². The molecule has 34 heavy (non-hydrogen) atoms. The molecule has 2 saturated heterocycles. The first kappa shape index (κ1) is 21.7. The van der Waals surface area contributed by atoms with Crippen LogP contribution in [0.5, 0.6) is 0 Å². The van der Waals surface area contributed by atoms with Crippen LogP contribution in [0, 0.1) is 0 Å². The van der Waals surface area contributed by atoms with Crippen LogP contribution in [0.2, 0.25) is 10.0 Å². The molecule has 3 aromatic rings. The van der Waals surface area contributed by atoms with Crippen molar-refractivity contribution in [2.75, 3.05) is 18.0 Å². The number of hydrogen-bond donors (Lipinski definition) is 2. The Labute approximate surface area is 206 Å². The lowest BCUT2D eigenvalue weighted by Gasteiger charge is -2.40. The van der Waals surface area contributed by atoms with Gasteiger partial charge in [-0.05, 0) is 42.7 Å². The van der Waals surface area contributed by atoms with Crippen molar-refractivity contribution in [3.8, 4) is 11.3 Å². The summed E-state index contributed by atoms with van der Waals surface area (Å²) >= 11 is 12.9. The predicted octanol–water partition coefficient (Wildman–Crippen LogP) is 5.17. The Morgan fingerprint density at radius 1 is 1.09 bits per heavy atom. The van der Waals surface area contributed by atoms with Crippen LogP contribution in [0.3, 0.4) is 0 Å². The second-order valence-electron chi connectivity index (χ2n) is 8.76. The number of benzene rings is 2. The average molecular weight is 501 g/mol. The number of aromatic nitrogens is 1. The molecule has 3 aliphatic rings. The molecule has 1 saturated carbocycles. The summed E-state index contributed by atoms with van der Waals surface area (Å²) in [6, 6.07) is 13.4. The van der Waals surface area contributed by atoms with Crippen LogP contribution in [0.15, 0.2) is 47.0 Å². The lowest BCUT2D eigenvalue weighted by Crippen LogP contribution is -2.52. The standard InChI is InChI=1S/C24H22Cl2N4O4/c25-18-2-1-3-19(26)20(18)21-17(22(33-28-21)13-4-5-13)12-32-16-10-30(11-16)15-8-6-14(7-9-15)23-27-24(31)34-29-23/h1-3,6-9,13,16,23,29H,4-5,10-12H2,(H,27,31). The van der Waals surface area contributed by atoms with Gasteiger partial charge >= 0.3 is 6.09 Å². The van der Waals surface area contributed by atoms with Gasteiger partial charge in [0.15, 0.2) is 0 Å². The van der Waals surface area contributed by atoms with Crippen molar-refractivity contribution >= 4 is 35.0 Å². The lowest BCUT2D eigenvalue weighted by atomic mass is 10.0. The molecular formula is C24H22Cl2N4O4. The summed E-state index contributed by atoms with van der Waals surface area (Å²) in [7, 11) is 0. The number of halogens is 2. The van der Waals surface area contributed by atoms with Crippen LogP contribution in [0.1, 0.15) is 41.8 Å². The van der Waals surface area contributed by atoms with E-state index in [0.717, 1.165) is 48.5 Å². The Morgan fingerprint density at radius 2 is 1.82 bits per heavy atom. The van der Waals surface area contributed by atoms with Crippen molar-refractivity contribution in [2.45, 2.75) is 37.6 Å². The van der Waals surface area contributed by atoms with Gasteiger partial charge in [-0.25, -0.2) is 4.79 Å². The molecule has 1 amide bonds. The van der Waals surface area contributed by atoms with E-state index in [2.05, 4.69) is 20.9 Å². The maximum absolute atomic E-state index is 11.2. The number of carbonyl (C=O) groups excluding carboxylic acids is 1. The second-order valence-corrected chi connectivity index (χ2v) is 9.57. The molecule has 1 atom stereocenters. The van der Waals surface area contributed by atoms with Crippen LogP contribution < -0.4 is 15.7 Å². The fraction of sp³-hybridized carbons (Fsp3) is 0.333. The molecule has 2 N–H and O–H groups in total. The van der Waals surface area contributed by atoms with Crippen LogP contribution in [-0.2, 0) is 16.2 Å². The Balaban J connectivity index is 1.11. The normalized spacial score (nSPS) is 20.2. The summed E-state index contributed by atoms with van der Waals surface area (Å²) in [5.41, 5.74) is 6.97. The highest BCUT2D eigenvalue weighted by Crippen LogP contribution is 2.46. The van der Waals surface area contributed by atoms with E-state index < -0.39 is 6.09 Å². The minimum atomic E-state index is -0.477. The molecule has 10 heteroatoms. The summed E-state index contributed by atoms with van der Waals surface area (Å²) < 4.78 is 12.0. The van der Waals surface area contributed by atoms with E-state index in [1.807, 2.05) is 30.3 Å². The molecule has 0 spiro atoms. The zero-order valence-corrected chi connectivity index (χ0v) is 19.6. The molecule has 2 aliphatic heterocycles. The Morgan fingerprint density at radius 3 is 2.47 bits per heavy atom. The molecular weight excluding hydrogens is 479 g/mol. The van der Waals surface area contributed by atoms with Gasteiger partial charge in [-0.15, -0.1) is 5.48 Å². The van der Waals surface area contributed by atoms with Gasteiger partial charge in [0.2, 0.25) is 0 Å². The molecule has 2 aromatic carbocycles. The quantitative estimate of drug-likeness (QED) is 0.462. The number of rotatable bonds is 7. The molecule has 3 fully saturated rings. The van der Waals surface area contributed by atoms with E-state index in [9.17, 15) is 4.79 Å².